The first-order valence-electron chi connectivity index (χ1n) is 10.7. The van der Waals surface area contributed by atoms with Crippen LogP contribution in [0.15, 0.2) is 43.5 Å². The number of carbonyl (C=O) groups excluding carboxylic acids is 1. The molecule has 10 heteroatoms. The van der Waals surface area contributed by atoms with E-state index in [0.29, 0.717) is 31.8 Å². The topological polar surface area (TPSA) is 90.7 Å². The summed E-state index contributed by atoms with van der Waals surface area (Å²) in [6, 6.07) is 8.04. The van der Waals surface area contributed by atoms with Crippen molar-refractivity contribution in [3.63, 3.8) is 0 Å². The Bertz CT molecular complexity index is 1170. The molecular formula is C24H25Br2N3O5. The third-order valence-electron chi connectivity index (χ3n) is 5.72. The minimum atomic E-state index is -0.554. The van der Waals surface area contributed by atoms with E-state index in [1.165, 1.54) is 5.56 Å². The Morgan fingerprint density at radius 2 is 1.85 bits per heavy atom. The van der Waals surface area contributed by atoms with E-state index in [4.69, 9.17) is 19.0 Å². The number of oxime groups is 1. The second kappa shape index (κ2) is 9.58. The third-order valence-corrected chi connectivity index (χ3v) is 7.29. The van der Waals surface area contributed by atoms with Gasteiger partial charge in [0.15, 0.2) is 23.3 Å². The molecule has 2 heterocycles. The van der Waals surface area contributed by atoms with Crippen molar-refractivity contribution in [1.29, 1.82) is 0 Å². The van der Waals surface area contributed by atoms with E-state index >= 15 is 0 Å². The summed E-state index contributed by atoms with van der Waals surface area (Å²) in [6.07, 6.45) is 1.04. The second-order valence-electron chi connectivity index (χ2n) is 9.00. The van der Waals surface area contributed by atoms with Gasteiger partial charge in [-0.15, -0.1) is 0 Å². The van der Waals surface area contributed by atoms with Gasteiger partial charge < -0.3 is 19.0 Å². The summed E-state index contributed by atoms with van der Waals surface area (Å²) < 4.78 is 17.9. The van der Waals surface area contributed by atoms with E-state index in [2.05, 4.69) is 80.4 Å². The van der Waals surface area contributed by atoms with Crippen LogP contribution >= 0.6 is 31.9 Å². The van der Waals surface area contributed by atoms with E-state index in [1.54, 1.807) is 13.3 Å². The first-order chi connectivity index (χ1) is 16.1. The largest absolute Gasteiger partial charge is 0.492 e. The highest BCUT2D eigenvalue weighted by molar-refractivity contribution is 9.11. The summed E-state index contributed by atoms with van der Waals surface area (Å²) in [7, 11) is 1.54. The zero-order valence-corrected chi connectivity index (χ0v) is 22.6. The van der Waals surface area contributed by atoms with Gasteiger partial charge >= 0.3 is 0 Å². The number of hydrazone groups is 1. The highest BCUT2D eigenvalue weighted by atomic mass is 79.9. The molecule has 2 atom stereocenters. The number of halogens is 2. The van der Waals surface area contributed by atoms with Crippen molar-refractivity contribution in [1.82, 2.24) is 5.43 Å². The second-order valence-corrected chi connectivity index (χ2v) is 10.6. The van der Waals surface area contributed by atoms with Gasteiger partial charge in [0.2, 0.25) is 12.5 Å². The van der Waals surface area contributed by atoms with Crippen molar-refractivity contribution in [3.05, 3.63) is 49.9 Å². The molecular weight excluding hydrogens is 570 g/mol. The number of carbonyl (C=O) groups is 1. The fourth-order valence-electron chi connectivity index (χ4n) is 3.76. The smallest absolute Gasteiger partial charge is 0.289 e. The van der Waals surface area contributed by atoms with Crippen molar-refractivity contribution in [2.75, 3.05) is 13.9 Å². The zero-order chi connectivity index (χ0) is 24.6. The molecule has 0 aliphatic carbocycles. The van der Waals surface area contributed by atoms with E-state index in [1.807, 2.05) is 19.1 Å². The summed E-state index contributed by atoms with van der Waals surface area (Å²) in [4.78, 5) is 18.4. The van der Waals surface area contributed by atoms with E-state index < -0.39 is 12.0 Å². The van der Waals surface area contributed by atoms with Crippen LogP contribution in [0, 0.1) is 5.92 Å². The number of hydrogen-bond donors (Lipinski definition) is 1. The molecule has 0 saturated heterocycles. The van der Waals surface area contributed by atoms with Gasteiger partial charge in [-0.3, -0.25) is 4.79 Å². The molecule has 8 nitrogen and oxygen atoms in total. The molecule has 2 aliphatic rings. The summed E-state index contributed by atoms with van der Waals surface area (Å²) in [5, 5.41) is 8.13. The Morgan fingerprint density at radius 3 is 2.50 bits per heavy atom. The van der Waals surface area contributed by atoms with E-state index in [-0.39, 0.29) is 23.8 Å². The minimum absolute atomic E-state index is 0.0726. The van der Waals surface area contributed by atoms with E-state index in [0.717, 1.165) is 5.56 Å². The van der Waals surface area contributed by atoms with Gasteiger partial charge in [0.1, 0.15) is 0 Å². The van der Waals surface area contributed by atoms with Gasteiger partial charge in [0, 0.05) is 5.56 Å². The lowest BCUT2D eigenvalue weighted by Crippen LogP contribution is -2.31. The fraction of sp³-hybridized carbons (Fsp3) is 0.375. The number of rotatable bonds is 5. The summed E-state index contributed by atoms with van der Waals surface area (Å²) in [5.74, 6) is 0.711. The Kier molecular flexibility index (Phi) is 6.91. The summed E-state index contributed by atoms with van der Waals surface area (Å²) in [6.45, 7) is 8.42. The molecule has 180 valence electrons. The number of nitrogens with zero attached hydrogens (tertiary/aromatic N) is 2. The van der Waals surface area contributed by atoms with Crippen molar-refractivity contribution in [3.8, 4) is 17.2 Å². The lowest BCUT2D eigenvalue weighted by atomic mass is 9.87. The predicted octanol–water partition coefficient (Wildman–Crippen LogP) is 5.46. The normalized spacial score (nSPS) is 19.2. The van der Waals surface area contributed by atoms with Crippen LogP contribution in [0.5, 0.6) is 17.2 Å². The molecule has 1 amide bonds. The molecule has 0 saturated carbocycles. The molecule has 0 aromatic heterocycles. The molecule has 0 unspecified atom stereocenters. The number of benzene rings is 2. The first-order valence-corrected chi connectivity index (χ1v) is 12.2. The SMILES string of the molecule is COc1c(Br)c([C@H]2ON=C(C(=O)N/N=C\c3ccc(C(C)(C)C)cc3)[C@@H]2C)c(Br)c2c1OCO2. The molecule has 0 bridgehead atoms. The van der Waals surface area contributed by atoms with Crippen LogP contribution in [-0.2, 0) is 15.0 Å². The maximum Gasteiger partial charge on any atom is 0.289 e. The van der Waals surface area contributed by atoms with Gasteiger partial charge in [-0.05, 0) is 48.4 Å². The third kappa shape index (κ3) is 4.53. The highest BCUT2D eigenvalue weighted by Gasteiger charge is 2.41. The Balaban J connectivity index is 1.47. The van der Waals surface area contributed by atoms with Crippen LogP contribution in [0.2, 0.25) is 0 Å². The number of nitrogens with one attached hydrogen (secondary N) is 1. The van der Waals surface area contributed by atoms with Gasteiger partial charge in [0.05, 0.1) is 28.2 Å². The van der Waals surface area contributed by atoms with Gasteiger partial charge in [0.25, 0.3) is 5.91 Å². The number of hydrogen-bond acceptors (Lipinski definition) is 7. The Hall–Kier alpha value is -2.59. The highest BCUT2D eigenvalue weighted by Crippen LogP contribution is 2.55. The average molecular weight is 595 g/mol. The monoisotopic (exact) mass is 593 g/mol. The molecule has 0 radical (unpaired) electrons. The zero-order valence-electron chi connectivity index (χ0n) is 19.4. The van der Waals surface area contributed by atoms with Crippen molar-refractivity contribution >= 4 is 49.7 Å². The number of methoxy groups -OCH3 is 1. The van der Waals surface area contributed by atoms with Crippen LogP contribution in [0.4, 0.5) is 0 Å². The number of amides is 1. The molecule has 0 fully saturated rings. The lowest BCUT2D eigenvalue weighted by Gasteiger charge is -2.20. The van der Waals surface area contributed by atoms with Crippen molar-refractivity contribution < 1.29 is 23.8 Å². The van der Waals surface area contributed by atoms with E-state index in [9.17, 15) is 4.79 Å². The molecule has 34 heavy (non-hydrogen) atoms. The Labute approximate surface area is 214 Å². The van der Waals surface area contributed by atoms with Gasteiger partial charge in [-0.2, -0.15) is 5.10 Å². The minimum Gasteiger partial charge on any atom is -0.492 e. The molecule has 0 spiro atoms. The van der Waals surface area contributed by atoms with Gasteiger partial charge in [-0.25, -0.2) is 5.43 Å². The fourth-order valence-corrected chi connectivity index (χ4v) is 5.51. The molecule has 2 aliphatic heterocycles. The lowest BCUT2D eigenvalue weighted by molar-refractivity contribution is -0.115. The molecule has 2 aromatic carbocycles. The maximum atomic E-state index is 12.8. The molecule has 4 rings (SSSR count). The number of ether oxygens (including phenoxy) is 3. The van der Waals surface area contributed by atoms with Crippen LogP contribution < -0.4 is 19.6 Å². The van der Waals surface area contributed by atoms with Crippen LogP contribution in [0.1, 0.15) is 50.5 Å². The van der Waals surface area contributed by atoms with Crippen LogP contribution in [0.3, 0.4) is 0 Å². The quantitative estimate of drug-likeness (QED) is 0.367. The molecule has 2 aromatic rings. The first kappa shape index (κ1) is 24.5. The Morgan fingerprint density at radius 1 is 1.18 bits per heavy atom. The molecule has 1 N–H and O–H groups in total. The predicted molar refractivity (Wildman–Crippen MR) is 136 cm³/mol. The van der Waals surface area contributed by atoms with Crippen molar-refractivity contribution in [2.24, 2.45) is 16.2 Å². The van der Waals surface area contributed by atoms with Crippen molar-refractivity contribution in [2.45, 2.75) is 39.2 Å². The average Bonchev–Trinajstić information content (AvgIpc) is 3.42. The van der Waals surface area contributed by atoms with Gasteiger partial charge in [-0.1, -0.05) is 57.1 Å². The van der Waals surface area contributed by atoms with Crippen LogP contribution in [0.25, 0.3) is 0 Å². The maximum absolute atomic E-state index is 12.8. The summed E-state index contributed by atoms with van der Waals surface area (Å²) >= 11 is 7.16. The van der Waals surface area contributed by atoms with Crippen LogP contribution in [-0.4, -0.2) is 31.7 Å². The standard InChI is InChI=1S/C24H25Br2N3O5/c1-12-18(23(30)28-27-10-13-6-8-14(9-7-13)24(2,3)4)29-34-19(12)15-16(25)20(31-5)22-21(17(15)26)32-11-33-22/h6-10,12,19H,11H2,1-5H3,(H,28,30)/b27-10-/t12-,19-/m0/s1. The summed E-state index contributed by atoms with van der Waals surface area (Å²) in [5.41, 5.74) is 5.67. The number of fused-ring (bicyclic) bond motifs is 1.